The second-order valence-electron chi connectivity index (χ2n) is 2.27. The lowest BCUT2D eigenvalue weighted by Crippen LogP contribution is -2.02. The predicted molar refractivity (Wildman–Crippen MR) is 47.0 cm³/mol. The molecule has 0 saturated heterocycles. The first-order valence-corrected chi connectivity index (χ1v) is 4.44. The fourth-order valence-corrected chi connectivity index (χ4v) is 1.44. The topological polar surface area (TPSA) is 30.0 Å². The van der Waals surface area contributed by atoms with E-state index < -0.39 is 33.3 Å². The first kappa shape index (κ1) is 11.5. The summed E-state index contributed by atoms with van der Waals surface area (Å²) in [5.41, 5.74) is -1.30. The summed E-state index contributed by atoms with van der Waals surface area (Å²) in [6, 6.07) is 0.571. The van der Waals surface area contributed by atoms with Gasteiger partial charge in [-0.1, -0.05) is 0 Å². The Balaban J connectivity index is 3.32. The minimum atomic E-state index is -3.00. The molecule has 0 atom stereocenters. The van der Waals surface area contributed by atoms with Gasteiger partial charge in [0.15, 0.2) is 0 Å². The third kappa shape index (κ3) is 2.24. The summed E-state index contributed by atoms with van der Waals surface area (Å²) in [6.45, 7) is 0. The zero-order valence-electron chi connectivity index (χ0n) is 6.40. The normalized spacial score (nSPS) is 10.7. The van der Waals surface area contributed by atoms with Crippen molar-refractivity contribution in [2.75, 3.05) is 0 Å². The molecule has 0 unspecified atom stereocenters. The number of aromatic nitrogens is 1. The van der Waals surface area contributed by atoms with Crippen LogP contribution >= 0.6 is 27.5 Å². The molecule has 1 aromatic rings. The summed E-state index contributed by atoms with van der Waals surface area (Å²) >= 11 is 7.63. The molecule has 0 radical (unpaired) electrons. The van der Waals surface area contributed by atoms with Gasteiger partial charge in [0.2, 0.25) is 0 Å². The molecule has 0 aromatic carbocycles. The Morgan fingerprint density at radius 3 is 2.50 bits per heavy atom. The number of pyridine rings is 1. The SMILES string of the molecule is O=C(Cl)c1cc(F)c(C(F)F)c(Br)n1. The lowest BCUT2D eigenvalue weighted by molar-refractivity contribution is 0.107. The van der Waals surface area contributed by atoms with E-state index in [2.05, 4.69) is 20.9 Å². The molecule has 14 heavy (non-hydrogen) atoms. The molecule has 0 aliphatic heterocycles. The van der Waals surface area contributed by atoms with E-state index in [1.807, 2.05) is 0 Å². The smallest absolute Gasteiger partial charge is 0.270 e. The van der Waals surface area contributed by atoms with Crippen LogP contribution in [0.1, 0.15) is 22.5 Å². The fourth-order valence-electron chi connectivity index (χ4n) is 0.790. The number of carbonyl (C=O) groups is 1. The zero-order valence-corrected chi connectivity index (χ0v) is 8.74. The van der Waals surface area contributed by atoms with E-state index in [-0.39, 0.29) is 0 Å². The van der Waals surface area contributed by atoms with Crippen LogP contribution in [0.15, 0.2) is 10.7 Å². The monoisotopic (exact) mass is 287 g/mol. The maximum Gasteiger partial charge on any atom is 0.270 e. The molecule has 0 saturated carbocycles. The molecule has 0 spiro atoms. The quantitative estimate of drug-likeness (QED) is 0.617. The van der Waals surface area contributed by atoms with Gasteiger partial charge in [-0.05, 0) is 27.5 Å². The third-order valence-electron chi connectivity index (χ3n) is 1.38. The number of halogens is 5. The van der Waals surface area contributed by atoms with E-state index in [1.54, 1.807) is 0 Å². The molecule has 0 aliphatic carbocycles. The fraction of sp³-hybridized carbons (Fsp3) is 0.143. The standard InChI is InChI=1S/C7H2BrClF3NO/c8-5-4(7(11)12)2(10)1-3(13-5)6(9)14/h1,7H. The summed E-state index contributed by atoms with van der Waals surface area (Å²) in [4.78, 5) is 13.9. The summed E-state index contributed by atoms with van der Waals surface area (Å²) in [5, 5.41) is -1.01. The van der Waals surface area contributed by atoms with Crippen LogP contribution < -0.4 is 0 Å². The van der Waals surface area contributed by atoms with Gasteiger partial charge in [-0.3, -0.25) is 4.79 Å². The Bertz CT molecular complexity index is 362. The minimum Gasteiger partial charge on any atom is -0.274 e. The van der Waals surface area contributed by atoms with Crippen molar-refractivity contribution in [2.45, 2.75) is 6.43 Å². The third-order valence-corrected chi connectivity index (χ3v) is 2.18. The largest absolute Gasteiger partial charge is 0.274 e. The molecule has 1 heterocycles. The summed E-state index contributed by atoms with van der Waals surface area (Å²) in [7, 11) is 0. The number of hydrogen-bond donors (Lipinski definition) is 0. The highest BCUT2D eigenvalue weighted by molar-refractivity contribution is 9.10. The molecular formula is C7H2BrClF3NO. The van der Waals surface area contributed by atoms with Crippen molar-refractivity contribution in [1.82, 2.24) is 4.98 Å². The van der Waals surface area contributed by atoms with E-state index in [9.17, 15) is 18.0 Å². The van der Waals surface area contributed by atoms with E-state index in [1.165, 1.54) is 0 Å². The van der Waals surface area contributed by atoms with Crippen LogP contribution in [0, 0.1) is 5.82 Å². The maximum atomic E-state index is 13.0. The van der Waals surface area contributed by atoms with Crippen molar-refractivity contribution in [2.24, 2.45) is 0 Å². The number of nitrogens with zero attached hydrogens (tertiary/aromatic N) is 1. The molecule has 1 aromatic heterocycles. The predicted octanol–water partition coefficient (Wildman–Crippen LogP) is 3.30. The van der Waals surface area contributed by atoms with Crippen molar-refractivity contribution in [3.63, 3.8) is 0 Å². The van der Waals surface area contributed by atoms with Crippen LogP contribution in [-0.2, 0) is 0 Å². The van der Waals surface area contributed by atoms with Gasteiger partial charge in [0, 0.05) is 6.07 Å². The van der Waals surface area contributed by atoms with Crippen molar-refractivity contribution in [1.29, 1.82) is 0 Å². The van der Waals surface area contributed by atoms with Gasteiger partial charge < -0.3 is 0 Å². The van der Waals surface area contributed by atoms with Crippen LogP contribution in [0.25, 0.3) is 0 Å². The number of hydrogen-bond acceptors (Lipinski definition) is 2. The van der Waals surface area contributed by atoms with E-state index in [0.29, 0.717) is 6.07 Å². The Morgan fingerprint density at radius 1 is 1.57 bits per heavy atom. The van der Waals surface area contributed by atoms with Crippen molar-refractivity contribution >= 4 is 32.8 Å². The van der Waals surface area contributed by atoms with E-state index in [4.69, 9.17) is 11.6 Å². The first-order chi connectivity index (χ1) is 6.43. The number of alkyl halides is 2. The Labute approximate surface area is 90.2 Å². The summed E-state index contributed by atoms with van der Waals surface area (Å²) in [6.07, 6.45) is -3.00. The lowest BCUT2D eigenvalue weighted by Gasteiger charge is -2.04. The van der Waals surface area contributed by atoms with Crippen LogP contribution in [0.2, 0.25) is 0 Å². The van der Waals surface area contributed by atoms with Gasteiger partial charge in [-0.25, -0.2) is 18.2 Å². The van der Waals surface area contributed by atoms with Gasteiger partial charge in [-0.2, -0.15) is 0 Å². The Hall–Kier alpha value is -0.620. The first-order valence-electron chi connectivity index (χ1n) is 3.27. The van der Waals surface area contributed by atoms with Gasteiger partial charge >= 0.3 is 0 Å². The molecule has 0 bridgehead atoms. The van der Waals surface area contributed by atoms with Crippen LogP contribution in [0.4, 0.5) is 13.2 Å². The molecule has 0 amide bonds. The highest BCUT2D eigenvalue weighted by atomic mass is 79.9. The number of carbonyl (C=O) groups excluding carboxylic acids is 1. The zero-order chi connectivity index (χ0) is 10.9. The molecule has 2 nitrogen and oxygen atoms in total. The molecule has 76 valence electrons. The van der Waals surface area contributed by atoms with Gasteiger partial charge in [-0.15, -0.1) is 0 Å². The molecule has 1 rings (SSSR count). The second-order valence-corrected chi connectivity index (χ2v) is 3.36. The van der Waals surface area contributed by atoms with Crippen molar-refractivity contribution < 1.29 is 18.0 Å². The highest BCUT2D eigenvalue weighted by Gasteiger charge is 2.21. The van der Waals surface area contributed by atoms with Crippen LogP contribution in [0.5, 0.6) is 0 Å². The molecule has 0 N–H and O–H groups in total. The molecular weight excluding hydrogens is 286 g/mol. The number of rotatable bonds is 2. The molecule has 7 heteroatoms. The van der Waals surface area contributed by atoms with Crippen molar-refractivity contribution in [3.05, 3.63) is 27.7 Å². The van der Waals surface area contributed by atoms with E-state index in [0.717, 1.165) is 0 Å². The lowest BCUT2D eigenvalue weighted by atomic mass is 10.2. The molecule has 0 aliphatic rings. The molecule has 0 fully saturated rings. The van der Waals surface area contributed by atoms with Gasteiger partial charge in [0.1, 0.15) is 16.1 Å². The van der Waals surface area contributed by atoms with Crippen molar-refractivity contribution in [3.8, 4) is 0 Å². The highest BCUT2D eigenvalue weighted by Crippen LogP contribution is 2.29. The van der Waals surface area contributed by atoms with E-state index >= 15 is 0 Å². The Morgan fingerprint density at radius 2 is 2.14 bits per heavy atom. The maximum absolute atomic E-state index is 13.0. The van der Waals surface area contributed by atoms with Gasteiger partial charge in [0.25, 0.3) is 11.7 Å². The summed E-state index contributed by atoms with van der Waals surface area (Å²) in [5.74, 6) is -1.22. The van der Waals surface area contributed by atoms with Crippen LogP contribution in [0.3, 0.4) is 0 Å². The Kier molecular flexibility index (Phi) is 3.49. The minimum absolute atomic E-state index is 0.416. The van der Waals surface area contributed by atoms with Gasteiger partial charge in [0.05, 0.1) is 5.56 Å². The second kappa shape index (κ2) is 4.27. The average Bonchev–Trinajstić information content (AvgIpc) is 2.01. The average molecular weight is 288 g/mol. The van der Waals surface area contributed by atoms with Crippen LogP contribution in [-0.4, -0.2) is 10.2 Å². The summed E-state index contributed by atoms with van der Waals surface area (Å²) < 4.78 is 36.9.